The molecule has 9 atom stereocenters. The average molecular weight is 1130 g/mol. The van der Waals surface area contributed by atoms with Crippen LogP contribution in [0.3, 0.4) is 0 Å². The van der Waals surface area contributed by atoms with Gasteiger partial charge in [-0.1, -0.05) is 96.2 Å². The van der Waals surface area contributed by atoms with Gasteiger partial charge in [0, 0.05) is 131 Å². The van der Waals surface area contributed by atoms with E-state index in [1.165, 1.54) is 26.5 Å². The van der Waals surface area contributed by atoms with Crippen LogP contribution in [0.15, 0.2) is 81.6 Å². The topological polar surface area (TPSA) is 223 Å². The Labute approximate surface area is 479 Å². The number of piperazine rings is 1. The Balaban J connectivity index is 1.22. The predicted octanol–water partition coefficient (Wildman–Crippen LogP) is 8.65. The number of hydrogen-bond acceptors (Lipinski definition) is 17. The number of aliphatic hydroxyl groups excluding tert-OH is 2. The molecule has 18 nitrogen and oxygen atoms in total. The molecular weight excluding hydrogens is 1050 g/mol. The molecule has 9 rings (SSSR count). The van der Waals surface area contributed by atoms with Crippen molar-refractivity contribution >= 4 is 62.0 Å². The lowest BCUT2D eigenvalue weighted by atomic mass is 9.78. The fourth-order valence-corrected chi connectivity index (χ4v) is 12.1. The van der Waals surface area contributed by atoms with Crippen molar-refractivity contribution in [2.45, 2.75) is 119 Å². The van der Waals surface area contributed by atoms with Crippen molar-refractivity contribution in [2.24, 2.45) is 29.6 Å². The molecule has 1 aromatic heterocycles. The molecule has 4 aliphatic rings. The van der Waals surface area contributed by atoms with Crippen molar-refractivity contribution in [1.82, 2.24) is 14.8 Å². The van der Waals surface area contributed by atoms with Gasteiger partial charge in [-0.15, -0.1) is 0 Å². The van der Waals surface area contributed by atoms with Crippen molar-refractivity contribution in [3.8, 4) is 17.2 Å². The Morgan fingerprint density at radius 3 is 2.24 bits per heavy atom. The van der Waals surface area contributed by atoms with E-state index < -0.39 is 82.5 Å². The summed E-state index contributed by atoms with van der Waals surface area (Å²) in [4.78, 5) is 69.7. The summed E-state index contributed by atoms with van der Waals surface area (Å²) in [7, 11) is 1.51. The van der Waals surface area contributed by atoms with E-state index >= 15 is 4.79 Å². The van der Waals surface area contributed by atoms with Gasteiger partial charge < -0.3 is 53.6 Å². The van der Waals surface area contributed by atoms with E-state index in [1.807, 2.05) is 31.2 Å². The molecule has 4 aliphatic heterocycles. The molecule has 18 heteroatoms. The number of carbonyl (C=O) groups is 3. The number of fused-ring (bicyclic) bond motifs is 2. The van der Waals surface area contributed by atoms with E-state index in [0.29, 0.717) is 24.9 Å². The van der Waals surface area contributed by atoms with Crippen molar-refractivity contribution in [2.75, 3.05) is 76.4 Å². The summed E-state index contributed by atoms with van der Waals surface area (Å²) in [6.45, 7) is 25.8. The molecule has 0 radical (unpaired) electrons. The number of ketones is 1. The van der Waals surface area contributed by atoms with Crippen LogP contribution >= 0.6 is 0 Å². The second-order valence-corrected chi connectivity index (χ2v) is 23.7. The largest absolute Gasteiger partial charge is 0.505 e. The minimum absolute atomic E-state index is 0.00191. The van der Waals surface area contributed by atoms with Gasteiger partial charge in [0.1, 0.15) is 35.2 Å². The summed E-state index contributed by atoms with van der Waals surface area (Å²) in [6, 6.07) is 12.1. The molecule has 2 saturated heterocycles. The second-order valence-electron chi connectivity index (χ2n) is 23.7. The third-order valence-electron chi connectivity index (χ3n) is 17.0. The van der Waals surface area contributed by atoms with Crippen molar-refractivity contribution in [3.63, 3.8) is 0 Å². The molecule has 0 spiro atoms. The number of nitrogens with one attached hydrogen (secondary N) is 1. The zero-order chi connectivity index (χ0) is 58.9. The predicted molar refractivity (Wildman–Crippen MR) is 316 cm³/mol. The maximum atomic E-state index is 15.4. The highest BCUT2D eigenvalue weighted by molar-refractivity contribution is 6.27. The Hall–Kier alpha value is -6.67. The molecule has 0 unspecified atom stereocenters. The van der Waals surface area contributed by atoms with Gasteiger partial charge in [0.15, 0.2) is 33.7 Å². The molecule has 82 heavy (non-hydrogen) atoms. The molecule has 4 N–H and O–H groups in total. The van der Waals surface area contributed by atoms with Crippen LogP contribution in [0.5, 0.6) is 17.2 Å². The van der Waals surface area contributed by atoms with Crippen LogP contribution in [0.2, 0.25) is 0 Å². The molecular formula is C64H81N5O13. The van der Waals surface area contributed by atoms with Crippen molar-refractivity contribution in [3.05, 3.63) is 105 Å². The zero-order valence-electron chi connectivity index (χ0n) is 49.2. The number of hydrogen-bond donors (Lipinski definition) is 4. The number of allylic oxidation sites excluding steroid dienone is 2. The van der Waals surface area contributed by atoms with Crippen molar-refractivity contribution in [1.29, 1.82) is 0 Å². The standard InChI is InChI=1S/C64H81N5O13/c1-35(2)32-67-22-24-69(25-23-67)45-30-47(79-34-44-19-17-43(18-20-44)33-68-26-28-78-29-27-68)52-48(31-45)81-61-53(65-52)49-50-57(73)41(8)60-51(49)62(75)64(10,82-60)21-13-16-46(77-11)38(5)59(80-42(9)70)40(7)56(72)39(6)55(71)36(3)14-12-15-37(4)63(76)66-54(61)58(50)74/h12-20,30-31,35-36,38-40,46,55-56,59,71-72,74H,21-29,32-34H2,1-11H3,(H,66,76)/b14-12+,16-13+,37-15-/t36-,38+,39+,40+,46-,55-,56+,59+,64+/m0/s1. The Kier molecular flexibility index (Phi) is 18.3. The number of rotatable bonds is 10. The first-order valence-corrected chi connectivity index (χ1v) is 28.8. The number of aliphatic hydroxyl groups is 2. The van der Waals surface area contributed by atoms with E-state index in [1.54, 1.807) is 65.0 Å². The maximum absolute atomic E-state index is 15.4. The maximum Gasteiger partial charge on any atom is 0.302 e. The number of morpholine rings is 1. The number of amides is 1. The summed E-state index contributed by atoms with van der Waals surface area (Å²) >= 11 is 0. The Bertz CT molecular complexity index is 3360. The third kappa shape index (κ3) is 12.3. The number of aromatic nitrogens is 1. The van der Waals surface area contributed by atoms with Gasteiger partial charge in [0.05, 0.1) is 42.5 Å². The number of phenolic OH excluding ortho intramolecular Hbond substituents is 1. The number of aromatic hydroxyl groups is 1. The van der Waals surface area contributed by atoms with Crippen LogP contribution in [0.1, 0.15) is 95.8 Å². The van der Waals surface area contributed by atoms with E-state index in [4.69, 9.17) is 33.1 Å². The SMILES string of the molecule is CO[C@H]1/C=C/C[C@@]2(C)Oc3c(C)c(=O)c4c(O)c(c5oc6cc(N7CCN(CC(C)C)CC7)cc(OCc7ccc(CN8CCOCC8)cc7)c6nc5c4c3C2=O)NC(=O)/C(C)=C\C=C\[C@H](C)[C@H](O)[C@@H](C)[C@@H](O)[C@@H](C)[C@H](OC(C)=O)[C@@H]1C. The molecule has 2 fully saturated rings. The Morgan fingerprint density at radius 1 is 0.878 bits per heavy atom. The molecule has 4 aromatic carbocycles. The number of Topliss-reactive ketones (excluding diaryl/α,β-unsaturated/α-hetero) is 1. The smallest absolute Gasteiger partial charge is 0.302 e. The third-order valence-corrected chi connectivity index (χ3v) is 17.0. The highest BCUT2D eigenvalue weighted by atomic mass is 16.5. The highest BCUT2D eigenvalue weighted by Gasteiger charge is 2.47. The monoisotopic (exact) mass is 1130 g/mol. The number of phenols is 1. The van der Waals surface area contributed by atoms with Gasteiger partial charge >= 0.3 is 5.97 Å². The van der Waals surface area contributed by atoms with Crippen LogP contribution in [0.25, 0.3) is 33.0 Å². The Morgan fingerprint density at radius 2 is 1.57 bits per heavy atom. The van der Waals surface area contributed by atoms with E-state index in [9.17, 15) is 29.7 Å². The molecule has 5 aromatic rings. The molecule has 5 heterocycles. The van der Waals surface area contributed by atoms with Crippen LogP contribution < -0.4 is 25.1 Å². The molecule has 0 saturated carbocycles. The minimum Gasteiger partial charge on any atom is -0.505 e. The van der Waals surface area contributed by atoms with Crippen LogP contribution in [0.4, 0.5) is 11.4 Å². The van der Waals surface area contributed by atoms with Crippen LogP contribution in [-0.2, 0) is 37.0 Å². The van der Waals surface area contributed by atoms with Gasteiger partial charge in [-0.3, -0.25) is 29.0 Å². The van der Waals surface area contributed by atoms with Crippen molar-refractivity contribution < 1.29 is 57.8 Å². The molecule has 440 valence electrons. The first-order valence-electron chi connectivity index (χ1n) is 28.8. The van der Waals surface area contributed by atoms with Crippen LogP contribution in [-0.4, -0.2) is 144 Å². The molecule has 1 amide bonds. The quantitative estimate of drug-likeness (QED) is 0.0338. The summed E-state index contributed by atoms with van der Waals surface area (Å²) < 4.78 is 37.7. The fraction of sp³-hybridized carbons (Fsp3) is 0.516. The lowest BCUT2D eigenvalue weighted by Gasteiger charge is -2.38. The molecule has 4 bridgehead atoms. The van der Waals surface area contributed by atoms with Gasteiger partial charge in [0.2, 0.25) is 5.78 Å². The fourth-order valence-electron chi connectivity index (χ4n) is 12.1. The number of anilines is 2. The highest BCUT2D eigenvalue weighted by Crippen LogP contribution is 2.49. The minimum atomic E-state index is -1.60. The second kappa shape index (κ2) is 25.0. The van der Waals surface area contributed by atoms with E-state index in [2.05, 4.69) is 46.0 Å². The zero-order valence-corrected chi connectivity index (χ0v) is 49.2. The van der Waals surface area contributed by atoms with E-state index in [0.717, 1.165) is 63.6 Å². The van der Waals surface area contributed by atoms with Gasteiger partial charge in [-0.25, -0.2) is 4.98 Å². The van der Waals surface area contributed by atoms with E-state index in [-0.39, 0.29) is 74.1 Å². The summed E-state index contributed by atoms with van der Waals surface area (Å²) in [5.41, 5.74) is 1.08. The van der Waals surface area contributed by atoms with Gasteiger partial charge in [-0.05, 0) is 37.8 Å². The first kappa shape index (κ1) is 59.9. The van der Waals surface area contributed by atoms with Gasteiger partial charge in [0.25, 0.3) is 5.91 Å². The van der Waals surface area contributed by atoms with Crippen LogP contribution in [0, 0.1) is 36.5 Å². The normalized spacial score (nSPS) is 27.9. The average Bonchev–Trinajstić information content (AvgIpc) is 3.94. The number of benzene rings is 4. The molecule has 0 aliphatic carbocycles. The lowest BCUT2D eigenvalue weighted by molar-refractivity contribution is -0.160. The number of ether oxygens (including phenoxy) is 5. The number of carbonyl (C=O) groups excluding carboxylic acids is 3. The number of nitrogens with zero attached hydrogens (tertiary/aromatic N) is 4. The van der Waals surface area contributed by atoms with Gasteiger partial charge in [-0.2, -0.15) is 0 Å². The number of methoxy groups -OCH3 is 1. The lowest BCUT2D eigenvalue weighted by Crippen LogP contribution is -2.47. The summed E-state index contributed by atoms with van der Waals surface area (Å²) in [5, 5.41) is 38.5. The summed E-state index contributed by atoms with van der Waals surface area (Å²) in [6.07, 6.45) is 4.59. The summed E-state index contributed by atoms with van der Waals surface area (Å²) in [5.74, 6) is -3.86. The first-order chi connectivity index (χ1) is 39.1. The number of esters is 1.